The molecule has 0 unspecified atom stereocenters. The molecular weight excluding hydrogens is 314 g/mol. The Morgan fingerprint density at radius 2 is 2.00 bits per heavy atom. The number of Topliss-reactive ketones (excluding diaryl/α,β-unsaturated/α-hetero) is 1. The van der Waals surface area contributed by atoms with Crippen molar-refractivity contribution >= 4 is 23.2 Å². The second-order valence-corrected chi connectivity index (χ2v) is 7.77. The maximum Gasteiger partial charge on any atom is 0.410 e. The van der Waals surface area contributed by atoms with Crippen molar-refractivity contribution in [2.45, 2.75) is 39.2 Å². The van der Waals surface area contributed by atoms with Gasteiger partial charge in [0, 0.05) is 13.1 Å². The van der Waals surface area contributed by atoms with Gasteiger partial charge in [-0.25, -0.2) is 4.79 Å². The Kier molecular flexibility index (Phi) is 6.18. The van der Waals surface area contributed by atoms with Gasteiger partial charge in [-0.3, -0.25) is 4.79 Å². The largest absolute Gasteiger partial charge is 0.444 e. The molecular formula is C17H25NO4S. The fourth-order valence-electron chi connectivity index (χ4n) is 2.44. The molecule has 0 bridgehead atoms. The number of nitrogens with zero attached hydrogens (tertiary/aromatic N) is 1. The molecule has 6 heteroatoms. The van der Waals surface area contributed by atoms with Crippen LogP contribution in [0.1, 0.15) is 43.3 Å². The second kappa shape index (κ2) is 7.93. The van der Waals surface area contributed by atoms with Crippen LogP contribution in [0, 0.1) is 5.92 Å². The highest BCUT2D eigenvalue weighted by Crippen LogP contribution is 2.20. The quantitative estimate of drug-likeness (QED) is 0.769. The van der Waals surface area contributed by atoms with Crippen molar-refractivity contribution in [2.24, 2.45) is 5.92 Å². The van der Waals surface area contributed by atoms with Gasteiger partial charge in [0.1, 0.15) is 12.2 Å². The van der Waals surface area contributed by atoms with Gasteiger partial charge in [0.25, 0.3) is 0 Å². The Labute approximate surface area is 141 Å². The SMILES string of the molecule is CC(C)(C)OC(=O)N1CCC(COCC(=O)c2cccs2)CC1. The van der Waals surface area contributed by atoms with E-state index in [4.69, 9.17) is 9.47 Å². The summed E-state index contributed by atoms with van der Waals surface area (Å²) in [5, 5.41) is 1.89. The predicted molar refractivity (Wildman–Crippen MR) is 90.0 cm³/mol. The highest BCUT2D eigenvalue weighted by Gasteiger charge is 2.27. The number of hydrogen-bond donors (Lipinski definition) is 0. The summed E-state index contributed by atoms with van der Waals surface area (Å²) in [5.74, 6) is 0.427. The third kappa shape index (κ3) is 5.95. The molecule has 0 N–H and O–H groups in total. The number of thiophene rings is 1. The van der Waals surface area contributed by atoms with Crippen molar-refractivity contribution in [1.29, 1.82) is 0 Å². The standard InChI is InChI=1S/C17H25NO4S/c1-17(2,3)22-16(20)18-8-6-13(7-9-18)11-21-12-14(19)15-5-4-10-23-15/h4-5,10,13H,6-9,11-12H2,1-3H3. The van der Waals surface area contributed by atoms with Crippen molar-refractivity contribution in [3.8, 4) is 0 Å². The molecule has 1 amide bonds. The first-order valence-corrected chi connectivity index (χ1v) is 8.85. The van der Waals surface area contributed by atoms with E-state index in [-0.39, 0.29) is 18.5 Å². The summed E-state index contributed by atoms with van der Waals surface area (Å²) in [6, 6.07) is 3.68. The number of hydrogen-bond acceptors (Lipinski definition) is 5. The van der Waals surface area contributed by atoms with Gasteiger partial charge in [-0.1, -0.05) is 6.07 Å². The molecule has 2 rings (SSSR count). The highest BCUT2D eigenvalue weighted by atomic mass is 32.1. The number of carbonyl (C=O) groups is 2. The Morgan fingerprint density at radius 1 is 1.30 bits per heavy atom. The van der Waals surface area contributed by atoms with Crippen molar-refractivity contribution < 1.29 is 19.1 Å². The molecule has 23 heavy (non-hydrogen) atoms. The van der Waals surface area contributed by atoms with Crippen molar-refractivity contribution in [3.05, 3.63) is 22.4 Å². The van der Waals surface area contributed by atoms with E-state index >= 15 is 0 Å². The molecule has 0 spiro atoms. The van der Waals surface area contributed by atoms with Gasteiger partial charge in [-0.05, 0) is 51.0 Å². The monoisotopic (exact) mass is 339 g/mol. The number of amides is 1. The summed E-state index contributed by atoms with van der Waals surface area (Å²) in [7, 11) is 0. The minimum Gasteiger partial charge on any atom is -0.444 e. The van der Waals surface area contributed by atoms with Gasteiger partial charge in [0.15, 0.2) is 5.78 Å². The number of ether oxygens (including phenoxy) is 2. The Balaban J connectivity index is 1.65. The summed E-state index contributed by atoms with van der Waals surface area (Å²) >= 11 is 1.44. The van der Waals surface area contributed by atoms with E-state index in [2.05, 4.69) is 0 Å². The lowest BCUT2D eigenvalue weighted by atomic mass is 9.98. The fraction of sp³-hybridized carbons (Fsp3) is 0.647. The molecule has 0 radical (unpaired) electrons. The van der Waals surface area contributed by atoms with Crippen LogP contribution in [0.25, 0.3) is 0 Å². The molecule has 1 aromatic heterocycles. The van der Waals surface area contributed by atoms with Gasteiger partial charge in [0.2, 0.25) is 0 Å². The summed E-state index contributed by atoms with van der Waals surface area (Å²) in [6.45, 7) is 7.68. The van der Waals surface area contributed by atoms with Gasteiger partial charge >= 0.3 is 6.09 Å². The van der Waals surface area contributed by atoms with Gasteiger partial charge in [-0.15, -0.1) is 11.3 Å². The van der Waals surface area contributed by atoms with Crippen LogP contribution >= 0.6 is 11.3 Å². The topological polar surface area (TPSA) is 55.8 Å². The van der Waals surface area contributed by atoms with E-state index in [9.17, 15) is 9.59 Å². The third-order valence-corrected chi connectivity index (χ3v) is 4.56. The van der Waals surface area contributed by atoms with Crippen molar-refractivity contribution in [3.63, 3.8) is 0 Å². The molecule has 1 aliphatic heterocycles. The first-order valence-electron chi connectivity index (χ1n) is 7.97. The summed E-state index contributed by atoms with van der Waals surface area (Å²) in [4.78, 5) is 26.3. The molecule has 1 saturated heterocycles. The van der Waals surface area contributed by atoms with Crippen LogP contribution in [0.5, 0.6) is 0 Å². The van der Waals surface area contributed by atoms with Crippen LogP contribution in [0.15, 0.2) is 17.5 Å². The lowest BCUT2D eigenvalue weighted by Gasteiger charge is -2.33. The van der Waals surface area contributed by atoms with Crippen LogP contribution < -0.4 is 0 Å². The van der Waals surface area contributed by atoms with E-state index in [1.165, 1.54) is 11.3 Å². The molecule has 0 atom stereocenters. The van der Waals surface area contributed by atoms with Crippen LogP contribution in [0.2, 0.25) is 0 Å². The Bertz CT molecular complexity index is 513. The molecule has 1 aromatic rings. The van der Waals surface area contributed by atoms with Crippen LogP contribution in [-0.2, 0) is 9.47 Å². The number of ketones is 1. The average Bonchev–Trinajstić information content (AvgIpc) is 3.00. The zero-order chi connectivity index (χ0) is 16.9. The summed E-state index contributed by atoms with van der Waals surface area (Å²) in [5.41, 5.74) is -0.459. The minimum atomic E-state index is -0.459. The van der Waals surface area contributed by atoms with E-state index in [1.54, 1.807) is 4.90 Å². The molecule has 5 nitrogen and oxygen atoms in total. The molecule has 0 aliphatic carbocycles. The van der Waals surface area contributed by atoms with Crippen molar-refractivity contribution in [1.82, 2.24) is 4.90 Å². The average molecular weight is 339 g/mol. The number of carbonyl (C=O) groups excluding carboxylic acids is 2. The Hall–Kier alpha value is -1.40. The fourth-order valence-corrected chi connectivity index (χ4v) is 3.09. The minimum absolute atomic E-state index is 0.0335. The lowest BCUT2D eigenvalue weighted by molar-refractivity contribution is 0.0124. The van der Waals surface area contributed by atoms with E-state index in [0.717, 1.165) is 17.7 Å². The predicted octanol–water partition coefficient (Wildman–Crippen LogP) is 3.59. The highest BCUT2D eigenvalue weighted by molar-refractivity contribution is 7.12. The first-order chi connectivity index (χ1) is 10.8. The normalized spacial score (nSPS) is 16.4. The molecule has 0 saturated carbocycles. The molecule has 0 aromatic carbocycles. The maximum absolute atomic E-state index is 12.0. The second-order valence-electron chi connectivity index (χ2n) is 6.83. The van der Waals surface area contributed by atoms with Crippen LogP contribution in [0.3, 0.4) is 0 Å². The zero-order valence-electron chi connectivity index (χ0n) is 14.0. The van der Waals surface area contributed by atoms with E-state index in [0.29, 0.717) is 25.6 Å². The van der Waals surface area contributed by atoms with E-state index in [1.807, 2.05) is 38.3 Å². The van der Waals surface area contributed by atoms with E-state index < -0.39 is 5.60 Å². The van der Waals surface area contributed by atoms with Gasteiger partial charge in [-0.2, -0.15) is 0 Å². The summed E-state index contributed by atoms with van der Waals surface area (Å²) in [6.07, 6.45) is 1.52. The molecule has 2 heterocycles. The first kappa shape index (κ1) is 17.9. The zero-order valence-corrected chi connectivity index (χ0v) is 14.9. The third-order valence-electron chi connectivity index (χ3n) is 3.65. The summed E-state index contributed by atoms with van der Waals surface area (Å²) < 4.78 is 10.9. The lowest BCUT2D eigenvalue weighted by Crippen LogP contribution is -2.42. The van der Waals surface area contributed by atoms with Gasteiger partial charge < -0.3 is 14.4 Å². The van der Waals surface area contributed by atoms with Crippen molar-refractivity contribution in [2.75, 3.05) is 26.3 Å². The smallest absolute Gasteiger partial charge is 0.410 e. The molecule has 1 fully saturated rings. The number of rotatable bonds is 5. The molecule has 1 aliphatic rings. The number of likely N-dealkylation sites (tertiary alicyclic amines) is 1. The maximum atomic E-state index is 12.0. The molecule has 128 valence electrons. The number of piperidine rings is 1. The van der Waals surface area contributed by atoms with Crippen LogP contribution in [0.4, 0.5) is 4.79 Å². The Morgan fingerprint density at radius 3 is 2.57 bits per heavy atom. The van der Waals surface area contributed by atoms with Gasteiger partial charge in [0.05, 0.1) is 11.5 Å². The van der Waals surface area contributed by atoms with Crippen LogP contribution in [-0.4, -0.2) is 48.7 Å².